The molecule has 18 heavy (non-hydrogen) atoms. The van der Waals surface area contributed by atoms with Crippen LogP contribution in [0.25, 0.3) is 5.65 Å². The molecule has 0 aliphatic heterocycles. The highest BCUT2D eigenvalue weighted by Crippen LogP contribution is 2.13. The molecule has 0 spiro atoms. The molecule has 0 fully saturated rings. The quantitative estimate of drug-likeness (QED) is 0.756. The predicted octanol–water partition coefficient (Wildman–Crippen LogP) is 1.78. The van der Waals surface area contributed by atoms with Crippen LogP contribution in [0.1, 0.15) is 17.0 Å². The van der Waals surface area contributed by atoms with Crippen LogP contribution in [0.4, 0.5) is 0 Å². The highest BCUT2D eigenvalue weighted by atomic mass is 15.2. The molecule has 0 aliphatic rings. The Morgan fingerprint density at radius 1 is 0.944 bits per heavy atom. The summed E-state index contributed by atoms with van der Waals surface area (Å²) in [5, 5.41) is 8.39. The molecule has 0 aliphatic carbocycles. The molecule has 2 N–H and O–H groups in total. The Kier molecular flexibility index (Phi) is 2.78. The van der Waals surface area contributed by atoms with Gasteiger partial charge in [-0.3, -0.25) is 4.40 Å². The van der Waals surface area contributed by atoms with Crippen molar-refractivity contribution in [3.63, 3.8) is 0 Å². The number of nitrogens with zero attached hydrogens (tertiary/aromatic N) is 3. The van der Waals surface area contributed by atoms with Gasteiger partial charge in [0.1, 0.15) is 5.82 Å². The molecular formula is C14H14N4. The summed E-state index contributed by atoms with van der Waals surface area (Å²) in [6, 6.07) is 14.1. The van der Waals surface area contributed by atoms with E-state index >= 15 is 0 Å². The zero-order valence-electron chi connectivity index (χ0n) is 9.95. The molecule has 0 unspecified atom stereocenters. The number of nitrogens with two attached hydrogens (primary N) is 1. The Morgan fingerprint density at radius 2 is 1.72 bits per heavy atom. The molecular weight excluding hydrogens is 224 g/mol. The molecule has 4 nitrogen and oxygen atoms in total. The Bertz CT molecular complexity index is 672. The van der Waals surface area contributed by atoms with Gasteiger partial charge in [-0.1, -0.05) is 30.3 Å². The summed E-state index contributed by atoms with van der Waals surface area (Å²) in [6.07, 6.45) is 2.73. The van der Waals surface area contributed by atoms with E-state index in [9.17, 15) is 0 Å². The molecule has 3 aromatic rings. The maximum Gasteiger partial charge on any atom is 0.160 e. The Hall–Kier alpha value is -2.20. The van der Waals surface area contributed by atoms with Gasteiger partial charge in [-0.25, -0.2) is 0 Å². The van der Waals surface area contributed by atoms with Gasteiger partial charge in [0, 0.05) is 19.2 Å². The Morgan fingerprint density at radius 3 is 2.56 bits per heavy atom. The zero-order valence-corrected chi connectivity index (χ0v) is 9.95. The fraction of sp³-hybridized carbons (Fsp3) is 0.143. The van der Waals surface area contributed by atoms with Crippen LogP contribution in [0, 0.1) is 0 Å². The smallest absolute Gasteiger partial charge is 0.160 e. The fourth-order valence-corrected chi connectivity index (χ4v) is 2.11. The third kappa shape index (κ3) is 1.87. The lowest BCUT2D eigenvalue weighted by molar-refractivity contribution is 0.914. The van der Waals surface area contributed by atoms with Gasteiger partial charge in [-0.05, 0) is 23.3 Å². The van der Waals surface area contributed by atoms with Crippen LogP contribution in [0.5, 0.6) is 0 Å². The summed E-state index contributed by atoms with van der Waals surface area (Å²) in [5.41, 5.74) is 8.99. The van der Waals surface area contributed by atoms with Crippen molar-refractivity contribution in [2.45, 2.75) is 13.0 Å². The second-order valence-electron chi connectivity index (χ2n) is 4.19. The first-order valence-corrected chi connectivity index (χ1v) is 5.94. The first kappa shape index (κ1) is 10.9. The van der Waals surface area contributed by atoms with E-state index in [0.29, 0.717) is 6.54 Å². The second-order valence-corrected chi connectivity index (χ2v) is 4.19. The zero-order chi connectivity index (χ0) is 12.4. The van der Waals surface area contributed by atoms with E-state index in [1.165, 1.54) is 5.56 Å². The van der Waals surface area contributed by atoms with Crippen LogP contribution in [-0.4, -0.2) is 14.6 Å². The fourth-order valence-electron chi connectivity index (χ4n) is 2.11. The molecule has 0 radical (unpaired) electrons. The van der Waals surface area contributed by atoms with E-state index in [1.807, 2.05) is 40.9 Å². The summed E-state index contributed by atoms with van der Waals surface area (Å²) in [7, 11) is 0. The van der Waals surface area contributed by atoms with Gasteiger partial charge < -0.3 is 5.73 Å². The van der Waals surface area contributed by atoms with Crippen molar-refractivity contribution in [1.82, 2.24) is 14.6 Å². The third-order valence-corrected chi connectivity index (χ3v) is 3.07. The standard InChI is InChI=1S/C14H14N4/c15-10-12-6-2-1-5-11(12)9-14-17-16-13-7-3-4-8-18(13)14/h1-8H,9-10,15H2. The van der Waals surface area contributed by atoms with Gasteiger partial charge >= 0.3 is 0 Å². The topological polar surface area (TPSA) is 56.2 Å². The summed E-state index contributed by atoms with van der Waals surface area (Å²) < 4.78 is 2.01. The van der Waals surface area contributed by atoms with E-state index < -0.39 is 0 Å². The van der Waals surface area contributed by atoms with Crippen LogP contribution < -0.4 is 5.73 Å². The maximum atomic E-state index is 5.75. The van der Waals surface area contributed by atoms with Crippen molar-refractivity contribution < 1.29 is 0 Å². The molecule has 2 heterocycles. The average Bonchev–Trinajstić information content (AvgIpc) is 2.83. The van der Waals surface area contributed by atoms with Gasteiger partial charge in [0.15, 0.2) is 5.65 Å². The molecule has 3 rings (SSSR count). The van der Waals surface area contributed by atoms with Crippen LogP contribution in [-0.2, 0) is 13.0 Å². The first-order valence-electron chi connectivity index (χ1n) is 5.94. The summed E-state index contributed by atoms with van der Waals surface area (Å²) >= 11 is 0. The van der Waals surface area contributed by atoms with Crippen molar-refractivity contribution in [2.75, 3.05) is 0 Å². The highest BCUT2D eigenvalue weighted by molar-refractivity contribution is 5.38. The minimum Gasteiger partial charge on any atom is -0.326 e. The summed E-state index contributed by atoms with van der Waals surface area (Å²) in [5.74, 6) is 0.937. The van der Waals surface area contributed by atoms with Gasteiger partial charge in [-0.15, -0.1) is 10.2 Å². The number of rotatable bonds is 3. The molecule has 0 saturated heterocycles. The second kappa shape index (κ2) is 4.58. The van der Waals surface area contributed by atoms with Crippen molar-refractivity contribution in [3.05, 3.63) is 65.6 Å². The minimum absolute atomic E-state index is 0.549. The number of benzene rings is 1. The maximum absolute atomic E-state index is 5.75. The molecule has 2 aromatic heterocycles. The molecule has 90 valence electrons. The van der Waals surface area contributed by atoms with Gasteiger partial charge in [-0.2, -0.15) is 0 Å². The third-order valence-electron chi connectivity index (χ3n) is 3.07. The lowest BCUT2D eigenvalue weighted by atomic mass is 10.0. The number of hydrogen-bond acceptors (Lipinski definition) is 3. The van der Waals surface area contributed by atoms with Gasteiger partial charge in [0.25, 0.3) is 0 Å². The number of fused-ring (bicyclic) bond motifs is 1. The van der Waals surface area contributed by atoms with Crippen LogP contribution in [0.3, 0.4) is 0 Å². The van der Waals surface area contributed by atoms with E-state index in [-0.39, 0.29) is 0 Å². The largest absolute Gasteiger partial charge is 0.326 e. The molecule has 4 heteroatoms. The predicted molar refractivity (Wildman–Crippen MR) is 70.1 cm³/mol. The molecule has 0 bridgehead atoms. The number of hydrogen-bond donors (Lipinski definition) is 1. The van der Waals surface area contributed by atoms with Crippen LogP contribution >= 0.6 is 0 Å². The molecule has 0 saturated carbocycles. The number of pyridine rings is 1. The van der Waals surface area contributed by atoms with Crippen LogP contribution in [0.15, 0.2) is 48.7 Å². The van der Waals surface area contributed by atoms with Crippen molar-refractivity contribution in [2.24, 2.45) is 5.73 Å². The van der Waals surface area contributed by atoms with Crippen molar-refractivity contribution in [3.8, 4) is 0 Å². The van der Waals surface area contributed by atoms with Crippen molar-refractivity contribution in [1.29, 1.82) is 0 Å². The lowest BCUT2D eigenvalue weighted by Gasteiger charge is -2.06. The molecule has 1 aromatic carbocycles. The van der Waals surface area contributed by atoms with E-state index in [0.717, 1.165) is 23.5 Å². The van der Waals surface area contributed by atoms with Crippen molar-refractivity contribution >= 4 is 5.65 Å². The Balaban J connectivity index is 2.01. The Labute approximate surface area is 105 Å². The SMILES string of the molecule is NCc1ccccc1Cc1nnc2ccccn12. The monoisotopic (exact) mass is 238 g/mol. The normalized spacial score (nSPS) is 10.9. The first-order chi connectivity index (χ1) is 8.88. The highest BCUT2D eigenvalue weighted by Gasteiger charge is 2.07. The van der Waals surface area contributed by atoms with Gasteiger partial charge in [0.05, 0.1) is 0 Å². The summed E-state index contributed by atoms with van der Waals surface area (Å²) in [6.45, 7) is 0.549. The lowest BCUT2D eigenvalue weighted by Crippen LogP contribution is -2.04. The van der Waals surface area contributed by atoms with E-state index in [4.69, 9.17) is 5.73 Å². The molecule has 0 atom stereocenters. The summed E-state index contributed by atoms with van der Waals surface area (Å²) in [4.78, 5) is 0. The van der Waals surface area contributed by atoms with Gasteiger partial charge in [0.2, 0.25) is 0 Å². The van der Waals surface area contributed by atoms with E-state index in [1.54, 1.807) is 0 Å². The minimum atomic E-state index is 0.549. The average molecular weight is 238 g/mol. The molecule has 0 amide bonds. The number of aromatic nitrogens is 3. The van der Waals surface area contributed by atoms with E-state index in [2.05, 4.69) is 22.3 Å². The van der Waals surface area contributed by atoms with Crippen LogP contribution in [0.2, 0.25) is 0 Å².